The van der Waals surface area contributed by atoms with Crippen molar-refractivity contribution in [3.63, 3.8) is 0 Å². The molecule has 0 amide bonds. The van der Waals surface area contributed by atoms with Gasteiger partial charge in [0, 0.05) is 48.1 Å². The smallest absolute Gasteiger partial charge is 0.303 e. The second kappa shape index (κ2) is 12.3. The molecule has 1 aliphatic carbocycles. The highest BCUT2D eigenvalue weighted by atomic mass is 16.7. The second-order valence-corrected chi connectivity index (χ2v) is 7.66. The number of carbonyl (C=O) groups is 6. The van der Waals surface area contributed by atoms with Gasteiger partial charge in [0.25, 0.3) is 0 Å². The van der Waals surface area contributed by atoms with E-state index in [2.05, 4.69) is 0 Å². The lowest BCUT2D eigenvalue weighted by molar-refractivity contribution is -0.291. The predicted molar refractivity (Wildman–Crippen MR) is 109 cm³/mol. The van der Waals surface area contributed by atoms with Crippen LogP contribution in [0.5, 0.6) is 0 Å². The van der Waals surface area contributed by atoms with E-state index in [4.69, 9.17) is 28.4 Å². The summed E-state index contributed by atoms with van der Waals surface area (Å²) in [4.78, 5) is 72.1. The van der Waals surface area contributed by atoms with Gasteiger partial charge in [-0.25, -0.2) is 0 Å². The Balaban J connectivity index is 4.00. The minimum Gasteiger partial charge on any atom is -0.454 e. The van der Waals surface area contributed by atoms with E-state index in [1.807, 2.05) is 0 Å². The first-order valence-corrected chi connectivity index (χ1v) is 10.4. The highest BCUT2D eigenvalue weighted by molar-refractivity contribution is 5.71. The summed E-state index contributed by atoms with van der Waals surface area (Å²) >= 11 is 0. The van der Waals surface area contributed by atoms with E-state index in [0.717, 1.165) is 41.5 Å². The van der Waals surface area contributed by atoms with Crippen LogP contribution in [0.4, 0.5) is 0 Å². The molecule has 4 atom stereocenters. The number of hydrogen-bond acceptors (Lipinski definition) is 13. The van der Waals surface area contributed by atoms with Gasteiger partial charge in [-0.1, -0.05) is 0 Å². The van der Waals surface area contributed by atoms with Crippen LogP contribution < -0.4 is 0 Å². The highest BCUT2D eigenvalue weighted by Crippen LogP contribution is 2.44. The topological polar surface area (TPSA) is 178 Å². The van der Waals surface area contributed by atoms with E-state index in [9.17, 15) is 33.9 Å². The van der Waals surface area contributed by atoms with Crippen molar-refractivity contribution in [1.82, 2.24) is 0 Å². The molecule has 4 unspecified atom stereocenters. The van der Waals surface area contributed by atoms with E-state index >= 15 is 0 Å². The quantitative estimate of drug-likeness (QED) is 0.330. The highest BCUT2D eigenvalue weighted by Gasteiger charge is 2.68. The molecule has 192 valence electrons. The maximum atomic E-state index is 12.2. The molecule has 0 aromatic carbocycles. The zero-order chi connectivity index (χ0) is 26.2. The maximum absolute atomic E-state index is 12.2. The number of aliphatic hydroxyl groups excluding tert-OH is 1. The van der Waals surface area contributed by atoms with Crippen molar-refractivity contribution in [2.45, 2.75) is 90.5 Å². The van der Waals surface area contributed by atoms with Crippen LogP contribution in [0.25, 0.3) is 0 Å². The molecule has 1 N–H and O–H groups in total. The first-order chi connectivity index (χ1) is 15.7. The molecular weight excluding hydrogens is 460 g/mol. The lowest BCUT2D eigenvalue weighted by atomic mass is 9.71. The van der Waals surface area contributed by atoms with Crippen molar-refractivity contribution in [3.05, 3.63) is 0 Å². The zero-order valence-electron chi connectivity index (χ0n) is 19.9. The Morgan fingerprint density at radius 3 is 1.24 bits per heavy atom. The van der Waals surface area contributed by atoms with Crippen LogP contribution in [0.3, 0.4) is 0 Å². The summed E-state index contributed by atoms with van der Waals surface area (Å²) in [5, 5.41) is 9.48. The van der Waals surface area contributed by atoms with E-state index < -0.39 is 78.5 Å². The third kappa shape index (κ3) is 7.40. The van der Waals surface area contributed by atoms with Gasteiger partial charge in [0.05, 0.1) is 0 Å². The molecule has 0 bridgehead atoms. The molecule has 0 radical (unpaired) electrons. The molecule has 34 heavy (non-hydrogen) atoms. The molecule has 1 saturated carbocycles. The van der Waals surface area contributed by atoms with E-state index in [0.29, 0.717) is 0 Å². The molecule has 0 spiro atoms. The molecule has 0 heterocycles. The van der Waals surface area contributed by atoms with Crippen molar-refractivity contribution >= 4 is 35.8 Å². The predicted octanol–water partition coefficient (Wildman–Crippen LogP) is -0.267. The summed E-state index contributed by atoms with van der Waals surface area (Å²) in [7, 11) is 0. The van der Waals surface area contributed by atoms with Crippen LogP contribution in [0.15, 0.2) is 0 Å². The Hall–Kier alpha value is -3.22. The first-order valence-electron chi connectivity index (χ1n) is 10.4. The van der Waals surface area contributed by atoms with Crippen LogP contribution in [-0.2, 0) is 57.2 Å². The molecule has 0 aromatic rings. The number of carbonyl (C=O) groups excluding carboxylic acids is 6. The van der Waals surface area contributed by atoms with Gasteiger partial charge in [-0.05, 0) is 12.8 Å². The average molecular weight is 490 g/mol. The third-order valence-corrected chi connectivity index (χ3v) is 4.76. The van der Waals surface area contributed by atoms with Crippen LogP contribution in [0.2, 0.25) is 0 Å². The van der Waals surface area contributed by atoms with Crippen LogP contribution in [0.1, 0.15) is 54.4 Å². The number of hydrogen-bond donors (Lipinski definition) is 1. The minimum atomic E-state index is -2.11. The Bertz CT molecular complexity index is 760. The van der Waals surface area contributed by atoms with E-state index in [-0.39, 0.29) is 12.8 Å². The average Bonchev–Trinajstić information content (AvgIpc) is 2.67. The molecule has 1 rings (SSSR count). The summed E-state index contributed by atoms with van der Waals surface area (Å²) in [6.07, 6.45) is -8.67. The molecule has 13 nitrogen and oxygen atoms in total. The van der Waals surface area contributed by atoms with Crippen molar-refractivity contribution in [2.24, 2.45) is 0 Å². The van der Waals surface area contributed by atoms with Gasteiger partial charge in [-0.15, -0.1) is 0 Å². The number of rotatable bonds is 9. The van der Waals surface area contributed by atoms with Gasteiger partial charge in [0.1, 0.15) is 0 Å². The minimum absolute atomic E-state index is 0.0688. The standard InChI is InChI=1S/C21H30O13/c1-10(23)29-16-17(30-11(2)24)19(32-13(4)26)21(8-7-9-22,34-15(6)28)20(33-14(5)27)18(16)31-12(3)25/h16-20,22H,7-9H2,1-6H3/t16-,17?,18?,19?,20?,21-. The van der Waals surface area contributed by atoms with Gasteiger partial charge in [-0.2, -0.15) is 0 Å². The number of esters is 6. The first kappa shape index (κ1) is 28.8. The molecule has 1 fully saturated rings. The van der Waals surface area contributed by atoms with Crippen molar-refractivity contribution in [3.8, 4) is 0 Å². The fourth-order valence-electron chi connectivity index (χ4n) is 3.98. The third-order valence-electron chi connectivity index (χ3n) is 4.76. The summed E-state index contributed by atoms with van der Waals surface area (Å²) in [6, 6.07) is 0. The Labute approximate surface area is 195 Å². The van der Waals surface area contributed by atoms with Crippen molar-refractivity contribution in [1.29, 1.82) is 0 Å². The van der Waals surface area contributed by atoms with Crippen molar-refractivity contribution in [2.75, 3.05) is 6.61 Å². The van der Waals surface area contributed by atoms with Gasteiger partial charge < -0.3 is 33.5 Å². The molecule has 0 aliphatic heterocycles. The fourth-order valence-corrected chi connectivity index (χ4v) is 3.98. The Morgan fingerprint density at radius 1 is 0.588 bits per heavy atom. The van der Waals surface area contributed by atoms with Gasteiger partial charge in [-0.3, -0.25) is 28.8 Å². The maximum Gasteiger partial charge on any atom is 0.303 e. The van der Waals surface area contributed by atoms with Crippen molar-refractivity contribution < 1.29 is 62.3 Å². The zero-order valence-corrected chi connectivity index (χ0v) is 19.9. The lowest BCUT2D eigenvalue weighted by Gasteiger charge is -2.53. The van der Waals surface area contributed by atoms with Gasteiger partial charge in [0.15, 0.2) is 36.1 Å². The summed E-state index contributed by atoms with van der Waals surface area (Å²) in [5.74, 6) is -5.41. The molecule has 13 heteroatoms. The molecule has 0 aromatic heterocycles. The molecular formula is C21H30O13. The van der Waals surface area contributed by atoms with Crippen LogP contribution >= 0.6 is 0 Å². The monoisotopic (exact) mass is 490 g/mol. The van der Waals surface area contributed by atoms with E-state index in [1.54, 1.807) is 0 Å². The largest absolute Gasteiger partial charge is 0.454 e. The molecule has 1 aliphatic rings. The number of aliphatic hydroxyl groups is 1. The normalized spacial score (nSPS) is 28.1. The van der Waals surface area contributed by atoms with E-state index in [1.165, 1.54) is 0 Å². The lowest BCUT2D eigenvalue weighted by Crippen LogP contribution is -2.75. The van der Waals surface area contributed by atoms with Crippen LogP contribution in [-0.4, -0.2) is 83.7 Å². The second-order valence-electron chi connectivity index (χ2n) is 7.66. The summed E-state index contributed by atoms with van der Waals surface area (Å²) in [6.45, 7) is 5.72. The summed E-state index contributed by atoms with van der Waals surface area (Å²) < 4.78 is 32.3. The Morgan fingerprint density at radius 2 is 0.941 bits per heavy atom. The van der Waals surface area contributed by atoms with Gasteiger partial charge in [0.2, 0.25) is 0 Å². The summed E-state index contributed by atoms with van der Waals surface area (Å²) in [5.41, 5.74) is -2.11. The number of ether oxygens (including phenoxy) is 6. The fraction of sp³-hybridized carbons (Fsp3) is 0.714. The van der Waals surface area contributed by atoms with Crippen LogP contribution in [0, 0.1) is 0 Å². The Kier molecular flexibility index (Phi) is 10.4. The SMILES string of the molecule is CC(=O)OC1C(OC(C)=O)[C@](CCCO)(OC(C)=O)C(OC(C)=O)C(OC(C)=O)[C@H]1OC(C)=O. The molecule has 0 saturated heterocycles. The van der Waals surface area contributed by atoms with Gasteiger partial charge >= 0.3 is 35.8 Å².